The average Bonchev–Trinajstić information content (AvgIpc) is 2.74. The minimum atomic E-state index is -3.98. The summed E-state index contributed by atoms with van der Waals surface area (Å²) in [5.74, 6) is -1.57. The minimum Gasteiger partial charge on any atom is -0.381 e. The van der Waals surface area contributed by atoms with Gasteiger partial charge in [-0.05, 0) is 61.8 Å². The molecule has 1 unspecified atom stereocenters. The van der Waals surface area contributed by atoms with E-state index in [1.165, 1.54) is 6.07 Å². The average molecular weight is 364 g/mol. The van der Waals surface area contributed by atoms with Crippen molar-refractivity contribution in [2.24, 2.45) is 0 Å². The molecule has 0 bridgehead atoms. The summed E-state index contributed by atoms with van der Waals surface area (Å²) in [5, 5.41) is 6.81. The van der Waals surface area contributed by atoms with E-state index in [4.69, 9.17) is 0 Å². The quantitative estimate of drug-likeness (QED) is 0.860. The molecule has 0 spiro atoms. The number of anilines is 1. The number of hydrogen-bond acceptors (Lipinski definition) is 4. The van der Waals surface area contributed by atoms with Crippen LogP contribution in [0.1, 0.15) is 24.3 Å². The fourth-order valence-corrected chi connectivity index (χ4v) is 5.09. The Morgan fingerprint density at radius 3 is 2.40 bits per heavy atom. The monoisotopic (exact) mass is 364 g/mol. The Kier molecular flexibility index (Phi) is 4.00. The molecule has 4 nitrogen and oxygen atoms in total. The van der Waals surface area contributed by atoms with Crippen LogP contribution in [-0.4, -0.2) is 27.5 Å². The molecule has 2 heterocycles. The molecule has 2 atom stereocenters. The highest BCUT2D eigenvalue weighted by atomic mass is 32.2. The molecular formula is C18H18F2N2O2S. The zero-order valence-corrected chi connectivity index (χ0v) is 14.2. The van der Waals surface area contributed by atoms with Gasteiger partial charge < -0.3 is 10.6 Å². The van der Waals surface area contributed by atoms with Crippen molar-refractivity contribution in [3.63, 3.8) is 0 Å². The van der Waals surface area contributed by atoms with Crippen LogP contribution in [0, 0.1) is 11.6 Å². The molecule has 1 saturated heterocycles. The highest BCUT2D eigenvalue weighted by Gasteiger charge is 2.34. The lowest BCUT2D eigenvalue weighted by atomic mass is 9.91. The third kappa shape index (κ3) is 2.91. The SMILES string of the molecule is O=S(=O)(c1cc(F)cc(F)c1)c1ccc2c(c1)[C@@H]1CCNCCC1N2. The molecule has 1 fully saturated rings. The second-order valence-electron chi connectivity index (χ2n) is 6.54. The zero-order chi connectivity index (χ0) is 17.6. The first-order chi connectivity index (χ1) is 11.9. The Balaban J connectivity index is 1.76. The lowest BCUT2D eigenvalue weighted by Gasteiger charge is -2.16. The van der Waals surface area contributed by atoms with Crippen LogP contribution >= 0.6 is 0 Å². The van der Waals surface area contributed by atoms with Crippen molar-refractivity contribution in [2.45, 2.75) is 34.6 Å². The molecule has 132 valence electrons. The predicted molar refractivity (Wildman–Crippen MR) is 90.5 cm³/mol. The maximum absolute atomic E-state index is 13.4. The standard InChI is InChI=1S/C18H18F2N2O2S/c19-11-7-12(20)9-14(8-11)25(23,24)13-1-2-17-16(10-13)15-3-5-21-6-4-18(15)22-17/h1-2,7-10,15,18,21-22H,3-6H2/t15-,18?/m0/s1. The Labute approximate surface area is 145 Å². The Bertz CT molecular complexity index is 910. The topological polar surface area (TPSA) is 58.2 Å². The van der Waals surface area contributed by atoms with Crippen LogP contribution in [0.3, 0.4) is 0 Å². The smallest absolute Gasteiger partial charge is 0.206 e. The lowest BCUT2D eigenvalue weighted by Crippen LogP contribution is -2.21. The van der Waals surface area contributed by atoms with Crippen LogP contribution in [0.5, 0.6) is 0 Å². The third-order valence-corrected chi connectivity index (χ3v) is 6.70. The Hall–Kier alpha value is -1.99. The molecule has 4 rings (SSSR count). The van der Waals surface area contributed by atoms with Gasteiger partial charge in [0, 0.05) is 23.7 Å². The fraction of sp³-hybridized carbons (Fsp3) is 0.333. The van der Waals surface area contributed by atoms with E-state index in [0.717, 1.165) is 49.3 Å². The van der Waals surface area contributed by atoms with Gasteiger partial charge in [0.1, 0.15) is 11.6 Å². The summed E-state index contributed by atoms with van der Waals surface area (Å²) < 4.78 is 52.5. The van der Waals surface area contributed by atoms with Crippen molar-refractivity contribution in [1.82, 2.24) is 5.32 Å². The van der Waals surface area contributed by atoms with Gasteiger partial charge in [0.25, 0.3) is 0 Å². The summed E-state index contributed by atoms with van der Waals surface area (Å²) in [7, 11) is -3.98. The fourth-order valence-electron chi connectivity index (χ4n) is 3.75. The number of rotatable bonds is 2. The highest BCUT2D eigenvalue weighted by molar-refractivity contribution is 7.91. The molecule has 0 saturated carbocycles. The first-order valence-electron chi connectivity index (χ1n) is 8.27. The molecule has 2 aliphatic rings. The zero-order valence-electron chi connectivity index (χ0n) is 13.4. The van der Waals surface area contributed by atoms with Crippen LogP contribution in [0.25, 0.3) is 0 Å². The van der Waals surface area contributed by atoms with Gasteiger partial charge in [-0.3, -0.25) is 0 Å². The number of sulfone groups is 1. The van der Waals surface area contributed by atoms with Gasteiger partial charge in [0.2, 0.25) is 9.84 Å². The summed E-state index contributed by atoms with van der Waals surface area (Å²) in [5.41, 5.74) is 1.91. The van der Waals surface area contributed by atoms with Crippen LogP contribution in [0.4, 0.5) is 14.5 Å². The van der Waals surface area contributed by atoms with E-state index in [-0.39, 0.29) is 21.8 Å². The first-order valence-corrected chi connectivity index (χ1v) is 9.76. The van der Waals surface area contributed by atoms with Gasteiger partial charge in [-0.1, -0.05) is 0 Å². The summed E-state index contributed by atoms with van der Waals surface area (Å²) in [4.78, 5) is -0.300. The highest BCUT2D eigenvalue weighted by Crippen LogP contribution is 2.41. The third-order valence-electron chi connectivity index (χ3n) is 4.97. The number of hydrogen-bond donors (Lipinski definition) is 2. The van der Waals surface area contributed by atoms with Gasteiger partial charge in [-0.2, -0.15) is 0 Å². The molecule has 2 aromatic carbocycles. The van der Waals surface area contributed by atoms with Crippen LogP contribution in [0.2, 0.25) is 0 Å². The number of halogens is 2. The van der Waals surface area contributed by atoms with E-state index in [2.05, 4.69) is 10.6 Å². The van der Waals surface area contributed by atoms with Crippen molar-refractivity contribution < 1.29 is 17.2 Å². The van der Waals surface area contributed by atoms with E-state index in [9.17, 15) is 17.2 Å². The van der Waals surface area contributed by atoms with Crippen molar-refractivity contribution in [3.05, 3.63) is 53.6 Å². The Morgan fingerprint density at radius 1 is 0.920 bits per heavy atom. The molecule has 2 N–H and O–H groups in total. The van der Waals surface area contributed by atoms with Gasteiger partial charge in [0.15, 0.2) is 0 Å². The first kappa shape index (κ1) is 16.5. The molecule has 25 heavy (non-hydrogen) atoms. The molecule has 2 aromatic rings. The van der Waals surface area contributed by atoms with Crippen LogP contribution < -0.4 is 10.6 Å². The molecule has 0 aromatic heterocycles. The van der Waals surface area contributed by atoms with E-state index in [1.54, 1.807) is 12.1 Å². The maximum Gasteiger partial charge on any atom is 0.206 e. The second-order valence-corrected chi connectivity index (χ2v) is 8.49. The van der Waals surface area contributed by atoms with Gasteiger partial charge in [0.05, 0.1) is 9.79 Å². The summed E-state index contributed by atoms with van der Waals surface area (Å²) in [6.07, 6.45) is 1.89. The van der Waals surface area contributed by atoms with Crippen LogP contribution in [0.15, 0.2) is 46.2 Å². The summed E-state index contributed by atoms with van der Waals surface area (Å²) in [6.45, 7) is 1.81. The number of nitrogens with one attached hydrogen (secondary N) is 2. The number of fused-ring (bicyclic) bond motifs is 3. The van der Waals surface area contributed by atoms with Crippen molar-refractivity contribution >= 4 is 15.5 Å². The van der Waals surface area contributed by atoms with E-state index >= 15 is 0 Å². The maximum atomic E-state index is 13.4. The summed E-state index contributed by atoms with van der Waals surface area (Å²) >= 11 is 0. The van der Waals surface area contributed by atoms with Crippen molar-refractivity contribution in [3.8, 4) is 0 Å². The molecular weight excluding hydrogens is 346 g/mol. The van der Waals surface area contributed by atoms with Gasteiger partial charge >= 0.3 is 0 Å². The molecule has 0 radical (unpaired) electrons. The normalized spacial score (nSPS) is 22.6. The summed E-state index contributed by atoms with van der Waals surface area (Å²) in [6, 6.07) is 7.54. The Morgan fingerprint density at radius 2 is 1.64 bits per heavy atom. The molecule has 0 amide bonds. The lowest BCUT2D eigenvalue weighted by molar-refractivity contribution is 0.566. The largest absolute Gasteiger partial charge is 0.381 e. The van der Waals surface area contributed by atoms with Crippen LogP contribution in [-0.2, 0) is 9.84 Å². The minimum absolute atomic E-state index is 0.0657. The van der Waals surface area contributed by atoms with Gasteiger partial charge in [-0.25, -0.2) is 17.2 Å². The van der Waals surface area contributed by atoms with E-state index in [1.807, 2.05) is 0 Å². The predicted octanol–water partition coefficient (Wildman–Crippen LogP) is 3.06. The van der Waals surface area contributed by atoms with Gasteiger partial charge in [-0.15, -0.1) is 0 Å². The second kappa shape index (κ2) is 6.07. The van der Waals surface area contributed by atoms with E-state index in [0.29, 0.717) is 6.07 Å². The van der Waals surface area contributed by atoms with E-state index < -0.39 is 21.5 Å². The molecule has 0 aliphatic carbocycles. The van der Waals surface area contributed by atoms with Crippen molar-refractivity contribution in [2.75, 3.05) is 18.4 Å². The molecule has 7 heteroatoms. The van der Waals surface area contributed by atoms with Crippen molar-refractivity contribution in [1.29, 1.82) is 0 Å². The number of benzene rings is 2. The molecule has 2 aliphatic heterocycles.